The van der Waals surface area contributed by atoms with Gasteiger partial charge in [0.1, 0.15) is 6.61 Å². The third-order valence-electron chi connectivity index (χ3n) is 5.32. The normalized spacial score (nSPS) is 15.5. The maximum atomic E-state index is 12.6. The van der Waals surface area contributed by atoms with Crippen LogP contribution in [0.4, 0.5) is 5.69 Å². The van der Waals surface area contributed by atoms with Crippen molar-refractivity contribution in [1.82, 2.24) is 5.32 Å². The fourth-order valence-electron chi connectivity index (χ4n) is 3.66. The summed E-state index contributed by atoms with van der Waals surface area (Å²) >= 11 is 7.13. The molecule has 3 aromatic rings. The fourth-order valence-corrected chi connectivity index (χ4v) is 5.51. The van der Waals surface area contributed by atoms with Gasteiger partial charge in [0, 0.05) is 4.47 Å². The Hall–Kier alpha value is -2.30. The van der Waals surface area contributed by atoms with Crippen molar-refractivity contribution in [2.45, 2.75) is 27.4 Å². The molecule has 0 atom stereocenters. The number of carbonyl (C=O) groups excluding carboxylic acids is 1. The van der Waals surface area contributed by atoms with E-state index in [1.165, 1.54) is 17.3 Å². The molecule has 1 heterocycles. The number of carbonyl (C=O) groups is 1. The number of nitrogens with zero attached hydrogens (tertiary/aromatic N) is 1. The molecule has 1 N–H and O–H groups in total. The molecule has 0 aliphatic carbocycles. The van der Waals surface area contributed by atoms with Crippen LogP contribution in [0.15, 0.2) is 62.9 Å². The number of amidine groups is 1. The molecule has 0 spiro atoms. The van der Waals surface area contributed by atoms with Crippen LogP contribution in [0.1, 0.15) is 27.8 Å². The Labute approximate surface area is 231 Å². The standard InChI is InChI=1S/C27H24BrIN2O3S/c1-15-6-5-7-18(8-15)14-34-25-21(29)11-19(12-22(25)33-4)13-23-26(32)31-27(35-23)30-20-9-16(2)24(28)17(3)10-20/h5-13H,14H2,1-4H3,(H,30,31,32)/b23-13-. The molecule has 1 fully saturated rings. The van der Waals surface area contributed by atoms with Crippen LogP contribution in [0.3, 0.4) is 0 Å². The monoisotopic (exact) mass is 662 g/mol. The second kappa shape index (κ2) is 11.2. The van der Waals surface area contributed by atoms with Crippen molar-refractivity contribution in [2.75, 3.05) is 7.11 Å². The van der Waals surface area contributed by atoms with Gasteiger partial charge in [-0.2, -0.15) is 0 Å². The predicted octanol–water partition coefficient (Wildman–Crippen LogP) is 7.46. The molecule has 3 aromatic carbocycles. The van der Waals surface area contributed by atoms with Crippen LogP contribution >= 0.6 is 50.3 Å². The van der Waals surface area contributed by atoms with E-state index in [0.717, 1.165) is 36.0 Å². The molecule has 180 valence electrons. The molecule has 35 heavy (non-hydrogen) atoms. The zero-order valence-electron chi connectivity index (χ0n) is 19.7. The van der Waals surface area contributed by atoms with Gasteiger partial charge >= 0.3 is 0 Å². The number of halogens is 2. The Morgan fingerprint density at radius 2 is 1.86 bits per heavy atom. The lowest BCUT2D eigenvalue weighted by molar-refractivity contribution is -0.115. The second-order valence-corrected chi connectivity index (χ2v) is 11.2. The average Bonchev–Trinajstić information content (AvgIpc) is 3.14. The van der Waals surface area contributed by atoms with Gasteiger partial charge in [-0.25, -0.2) is 4.99 Å². The van der Waals surface area contributed by atoms with E-state index in [4.69, 9.17) is 9.47 Å². The van der Waals surface area contributed by atoms with Gasteiger partial charge in [-0.3, -0.25) is 4.79 Å². The minimum Gasteiger partial charge on any atom is -0.493 e. The molecule has 1 aliphatic heterocycles. The van der Waals surface area contributed by atoms with Crippen LogP contribution in [-0.2, 0) is 11.4 Å². The largest absolute Gasteiger partial charge is 0.493 e. The van der Waals surface area contributed by atoms with Crippen LogP contribution in [0.5, 0.6) is 11.5 Å². The van der Waals surface area contributed by atoms with E-state index in [1.54, 1.807) is 7.11 Å². The number of hydrogen-bond acceptors (Lipinski definition) is 5. The van der Waals surface area contributed by atoms with Gasteiger partial charge in [-0.15, -0.1) is 0 Å². The highest BCUT2D eigenvalue weighted by Crippen LogP contribution is 2.37. The first-order chi connectivity index (χ1) is 16.7. The maximum Gasteiger partial charge on any atom is 0.264 e. The van der Waals surface area contributed by atoms with E-state index in [9.17, 15) is 4.79 Å². The quantitative estimate of drug-likeness (QED) is 0.220. The van der Waals surface area contributed by atoms with Crippen molar-refractivity contribution < 1.29 is 14.3 Å². The van der Waals surface area contributed by atoms with Gasteiger partial charge in [0.05, 0.1) is 21.3 Å². The van der Waals surface area contributed by atoms with Crippen molar-refractivity contribution in [2.24, 2.45) is 4.99 Å². The van der Waals surface area contributed by atoms with Crippen molar-refractivity contribution in [1.29, 1.82) is 0 Å². The van der Waals surface area contributed by atoms with E-state index in [2.05, 4.69) is 67.9 Å². The van der Waals surface area contributed by atoms with E-state index >= 15 is 0 Å². The van der Waals surface area contributed by atoms with Gasteiger partial charge in [0.2, 0.25) is 0 Å². The predicted molar refractivity (Wildman–Crippen MR) is 156 cm³/mol. The zero-order valence-corrected chi connectivity index (χ0v) is 24.3. The van der Waals surface area contributed by atoms with Gasteiger partial charge in [-0.1, -0.05) is 45.8 Å². The maximum absolute atomic E-state index is 12.6. The summed E-state index contributed by atoms with van der Waals surface area (Å²) in [5.74, 6) is 1.13. The number of nitrogens with one attached hydrogen (secondary N) is 1. The highest BCUT2D eigenvalue weighted by Gasteiger charge is 2.24. The molecule has 0 bridgehead atoms. The number of aryl methyl sites for hydroxylation is 3. The summed E-state index contributed by atoms with van der Waals surface area (Å²) in [6.07, 6.45) is 1.84. The first-order valence-corrected chi connectivity index (χ1v) is 13.5. The highest BCUT2D eigenvalue weighted by atomic mass is 127. The molecular formula is C27H24BrIN2O3S. The van der Waals surface area contributed by atoms with Gasteiger partial charge in [0.15, 0.2) is 16.7 Å². The molecule has 0 saturated carbocycles. The van der Waals surface area contributed by atoms with E-state index in [0.29, 0.717) is 28.2 Å². The number of amides is 1. The Balaban J connectivity index is 1.55. The van der Waals surface area contributed by atoms with Crippen molar-refractivity contribution in [3.8, 4) is 11.5 Å². The lowest BCUT2D eigenvalue weighted by atomic mass is 10.1. The van der Waals surface area contributed by atoms with Crippen LogP contribution < -0.4 is 14.8 Å². The minimum absolute atomic E-state index is 0.173. The molecule has 1 amide bonds. The van der Waals surface area contributed by atoms with E-state index < -0.39 is 0 Å². The lowest BCUT2D eigenvalue weighted by Gasteiger charge is -2.14. The molecule has 1 aliphatic rings. The zero-order chi connectivity index (χ0) is 25.1. The van der Waals surface area contributed by atoms with Crippen molar-refractivity contribution >= 4 is 73.1 Å². The highest BCUT2D eigenvalue weighted by molar-refractivity contribution is 14.1. The minimum atomic E-state index is -0.173. The van der Waals surface area contributed by atoms with Crippen LogP contribution in [0.25, 0.3) is 6.08 Å². The summed E-state index contributed by atoms with van der Waals surface area (Å²) < 4.78 is 13.7. The van der Waals surface area contributed by atoms with Crippen molar-refractivity contribution in [3.63, 3.8) is 0 Å². The van der Waals surface area contributed by atoms with E-state index in [-0.39, 0.29) is 5.91 Å². The molecule has 4 rings (SSSR count). The summed E-state index contributed by atoms with van der Waals surface area (Å²) in [6.45, 7) is 6.55. The molecule has 0 radical (unpaired) electrons. The summed E-state index contributed by atoms with van der Waals surface area (Å²) in [5, 5.41) is 3.42. The van der Waals surface area contributed by atoms with Gasteiger partial charge < -0.3 is 14.8 Å². The summed E-state index contributed by atoms with van der Waals surface area (Å²) in [5.41, 5.74) is 6.13. The molecule has 5 nitrogen and oxygen atoms in total. The first-order valence-electron chi connectivity index (χ1n) is 10.9. The topological polar surface area (TPSA) is 59.9 Å². The summed E-state index contributed by atoms with van der Waals surface area (Å²) in [6, 6.07) is 16.1. The molecule has 0 unspecified atom stereocenters. The number of hydrogen-bond donors (Lipinski definition) is 1. The first kappa shape index (κ1) is 25.8. The summed E-state index contributed by atoms with van der Waals surface area (Å²) in [4.78, 5) is 17.8. The number of rotatable bonds is 6. The Morgan fingerprint density at radius 1 is 1.11 bits per heavy atom. The lowest BCUT2D eigenvalue weighted by Crippen LogP contribution is -2.19. The van der Waals surface area contributed by atoms with Crippen LogP contribution in [0, 0.1) is 24.3 Å². The van der Waals surface area contributed by atoms with Crippen LogP contribution in [0.2, 0.25) is 0 Å². The molecular weight excluding hydrogens is 639 g/mol. The van der Waals surface area contributed by atoms with Gasteiger partial charge in [0.25, 0.3) is 5.91 Å². The second-order valence-electron chi connectivity index (χ2n) is 8.19. The van der Waals surface area contributed by atoms with Gasteiger partial charge in [-0.05, 0) is 108 Å². The number of methoxy groups -OCH3 is 1. The summed E-state index contributed by atoms with van der Waals surface area (Å²) in [7, 11) is 1.62. The number of aliphatic imine (C=N–C) groups is 1. The fraction of sp³-hybridized carbons (Fsp3) is 0.185. The molecule has 0 aromatic heterocycles. The van der Waals surface area contributed by atoms with E-state index in [1.807, 2.05) is 56.3 Å². The molecule has 8 heteroatoms. The third-order valence-corrected chi connectivity index (χ3v) is 8.28. The van der Waals surface area contributed by atoms with Crippen molar-refractivity contribution in [3.05, 3.63) is 89.3 Å². The number of ether oxygens (including phenoxy) is 2. The third kappa shape index (κ3) is 6.29. The average molecular weight is 663 g/mol. The number of benzene rings is 3. The Morgan fingerprint density at radius 3 is 2.54 bits per heavy atom. The SMILES string of the molecule is COc1cc(/C=C2\SC(=Nc3cc(C)c(Br)c(C)c3)NC2=O)cc(I)c1OCc1cccc(C)c1. The number of thioether (sulfide) groups is 1. The smallest absolute Gasteiger partial charge is 0.264 e. The molecule has 1 saturated heterocycles. The van der Waals surface area contributed by atoms with Crippen LogP contribution in [-0.4, -0.2) is 18.2 Å². The Bertz CT molecular complexity index is 1350. The Kier molecular flexibility index (Phi) is 8.23.